The van der Waals surface area contributed by atoms with Crippen LogP contribution in [0.15, 0.2) is 59.5 Å². The average Bonchev–Trinajstić information content (AvgIpc) is 2.29. The van der Waals surface area contributed by atoms with Gasteiger partial charge < -0.3 is 0 Å². The minimum absolute atomic E-state index is 0. The van der Waals surface area contributed by atoms with Crippen LogP contribution < -0.4 is 0 Å². The van der Waals surface area contributed by atoms with Gasteiger partial charge >= 0.3 is 29.6 Å². The van der Waals surface area contributed by atoms with Gasteiger partial charge in [0.25, 0.3) is 10.1 Å². The molecule has 0 heterocycles. The first-order chi connectivity index (χ1) is 7.57. The summed E-state index contributed by atoms with van der Waals surface area (Å²) in [5.41, 5.74) is 1.91. The summed E-state index contributed by atoms with van der Waals surface area (Å²) in [6, 6.07) is 15.7. The van der Waals surface area contributed by atoms with Gasteiger partial charge in [0.2, 0.25) is 0 Å². The zero-order valence-corrected chi connectivity index (χ0v) is 9.18. The molecule has 0 spiro atoms. The fraction of sp³-hybridized carbons (Fsp3) is 0. The second-order valence-corrected chi connectivity index (χ2v) is 4.79. The van der Waals surface area contributed by atoms with Gasteiger partial charge in [0.15, 0.2) is 0 Å². The van der Waals surface area contributed by atoms with Crippen LogP contribution in [0.2, 0.25) is 0 Å². The molecule has 0 amide bonds. The van der Waals surface area contributed by atoms with Gasteiger partial charge in [-0.15, -0.1) is 0 Å². The second kappa shape index (κ2) is 5.80. The van der Waals surface area contributed by atoms with Crippen molar-refractivity contribution in [2.45, 2.75) is 4.90 Å². The Balaban J connectivity index is 0.00000144. The summed E-state index contributed by atoms with van der Waals surface area (Å²) in [4.78, 5) is -0.0906. The van der Waals surface area contributed by atoms with E-state index in [0.717, 1.165) is 11.1 Å². The molecule has 0 unspecified atom stereocenters. The number of rotatable bonds is 2. The summed E-state index contributed by atoms with van der Waals surface area (Å²) in [6.45, 7) is 0. The van der Waals surface area contributed by atoms with E-state index in [2.05, 4.69) is 0 Å². The Morgan fingerprint density at radius 1 is 0.765 bits per heavy atom. The first-order valence-electron chi connectivity index (χ1n) is 4.70. The van der Waals surface area contributed by atoms with E-state index in [0.29, 0.717) is 0 Å². The molecule has 17 heavy (non-hydrogen) atoms. The van der Waals surface area contributed by atoms with Crippen LogP contribution in [0, 0.1) is 0 Å². The minimum atomic E-state index is -4.10. The van der Waals surface area contributed by atoms with Crippen molar-refractivity contribution < 1.29 is 13.0 Å². The maximum atomic E-state index is 10.8. The van der Waals surface area contributed by atoms with Crippen LogP contribution >= 0.6 is 0 Å². The van der Waals surface area contributed by atoms with E-state index in [4.69, 9.17) is 4.55 Å². The van der Waals surface area contributed by atoms with Crippen molar-refractivity contribution in [3.05, 3.63) is 54.6 Å². The molecule has 0 fully saturated rings. The van der Waals surface area contributed by atoms with Crippen LogP contribution in [0.5, 0.6) is 0 Å². The molecule has 0 saturated heterocycles. The summed E-state index contributed by atoms with van der Waals surface area (Å²) >= 11 is 0. The molecular formula is C12H11NaO3S. The van der Waals surface area contributed by atoms with E-state index in [1.54, 1.807) is 12.1 Å². The SMILES string of the molecule is O=S(=O)(O)c1ccc(-c2ccccc2)cc1.[NaH]. The Bertz CT molecular complexity index is 577. The van der Waals surface area contributed by atoms with Gasteiger partial charge in [-0.3, -0.25) is 4.55 Å². The maximum absolute atomic E-state index is 10.8. The first-order valence-corrected chi connectivity index (χ1v) is 6.14. The third kappa shape index (κ3) is 3.66. The summed E-state index contributed by atoms with van der Waals surface area (Å²) < 4.78 is 30.5. The van der Waals surface area contributed by atoms with Crippen molar-refractivity contribution >= 4 is 39.7 Å². The summed E-state index contributed by atoms with van der Waals surface area (Å²) in [7, 11) is -4.10. The standard InChI is InChI=1S/C12H10O3S.Na.H/c13-16(14,15)12-8-6-11(7-9-12)10-4-2-1-3-5-10;;/h1-9H,(H,13,14,15);;. The summed E-state index contributed by atoms with van der Waals surface area (Å²) in [5, 5.41) is 0. The Labute approximate surface area is 123 Å². The Hall–Kier alpha value is -0.650. The third-order valence-electron chi connectivity index (χ3n) is 2.26. The molecule has 0 aliphatic carbocycles. The molecule has 0 aliphatic rings. The molecule has 0 aliphatic heterocycles. The Morgan fingerprint density at radius 2 is 1.24 bits per heavy atom. The van der Waals surface area contributed by atoms with Crippen molar-refractivity contribution in [1.29, 1.82) is 0 Å². The molecule has 0 aromatic heterocycles. The topological polar surface area (TPSA) is 54.4 Å². The van der Waals surface area contributed by atoms with E-state index in [-0.39, 0.29) is 34.5 Å². The Kier molecular flexibility index (Phi) is 4.91. The molecule has 3 nitrogen and oxygen atoms in total. The quantitative estimate of drug-likeness (QED) is 0.661. The van der Waals surface area contributed by atoms with Crippen molar-refractivity contribution in [2.24, 2.45) is 0 Å². The van der Waals surface area contributed by atoms with Crippen molar-refractivity contribution in [3.63, 3.8) is 0 Å². The fourth-order valence-electron chi connectivity index (χ4n) is 1.45. The number of hydrogen-bond acceptors (Lipinski definition) is 2. The molecule has 0 radical (unpaired) electrons. The summed E-state index contributed by atoms with van der Waals surface area (Å²) in [6.07, 6.45) is 0. The second-order valence-electron chi connectivity index (χ2n) is 3.37. The molecular weight excluding hydrogens is 247 g/mol. The molecule has 2 aromatic carbocycles. The zero-order valence-electron chi connectivity index (χ0n) is 8.37. The van der Waals surface area contributed by atoms with Gasteiger partial charge in [0.05, 0.1) is 4.90 Å². The van der Waals surface area contributed by atoms with Gasteiger partial charge in [-0.25, -0.2) is 0 Å². The van der Waals surface area contributed by atoms with Gasteiger partial charge in [0, 0.05) is 0 Å². The van der Waals surface area contributed by atoms with E-state index in [1.165, 1.54) is 12.1 Å². The van der Waals surface area contributed by atoms with E-state index in [9.17, 15) is 8.42 Å². The van der Waals surface area contributed by atoms with Crippen LogP contribution in [-0.2, 0) is 10.1 Å². The van der Waals surface area contributed by atoms with E-state index in [1.807, 2.05) is 30.3 Å². The van der Waals surface area contributed by atoms with Crippen molar-refractivity contribution in [2.75, 3.05) is 0 Å². The van der Waals surface area contributed by atoms with Gasteiger partial charge in [-0.2, -0.15) is 8.42 Å². The fourth-order valence-corrected chi connectivity index (χ4v) is 1.93. The van der Waals surface area contributed by atoms with E-state index < -0.39 is 10.1 Å². The molecule has 0 atom stereocenters. The first kappa shape index (κ1) is 14.4. The zero-order chi connectivity index (χ0) is 11.6. The van der Waals surface area contributed by atoms with Gasteiger partial charge in [-0.05, 0) is 23.3 Å². The van der Waals surface area contributed by atoms with Crippen LogP contribution in [0.25, 0.3) is 11.1 Å². The molecule has 84 valence electrons. The molecule has 2 rings (SSSR count). The Morgan fingerprint density at radius 3 is 1.71 bits per heavy atom. The summed E-state index contributed by atoms with van der Waals surface area (Å²) in [5.74, 6) is 0. The predicted octanol–water partition coefficient (Wildman–Crippen LogP) is 1.95. The van der Waals surface area contributed by atoms with Crippen LogP contribution in [0.3, 0.4) is 0 Å². The van der Waals surface area contributed by atoms with Gasteiger partial charge in [-0.1, -0.05) is 42.5 Å². The third-order valence-corrected chi connectivity index (χ3v) is 3.13. The van der Waals surface area contributed by atoms with Crippen molar-refractivity contribution in [1.82, 2.24) is 0 Å². The van der Waals surface area contributed by atoms with E-state index >= 15 is 0 Å². The number of hydrogen-bond donors (Lipinski definition) is 1. The molecule has 1 N–H and O–H groups in total. The van der Waals surface area contributed by atoms with Gasteiger partial charge in [0.1, 0.15) is 0 Å². The van der Waals surface area contributed by atoms with Crippen molar-refractivity contribution in [3.8, 4) is 11.1 Å². The van der Waals surface area contributed by atoms with Crippen LogP contribution in [0.4, 0.5) is 0 Å². The molecule has 0 bridgehead atoms. The molecule has 2 aromatic rings. The molecule has 5 heteroatoms. The predicted molar refractivity (Wildman–Crippen MR) is 68.8 cm³/mol. The van der Waals surface area contributed by atoms with Crippen LogP contribution in [-0.4, -0.2) is 42.5 Å². The molecule has 0 saturated carbocycles. The normalized spacial score (nSPS) is 10.6. The monoisotopic (exact) mass is 258 g/mol. The number of benzene rings is 2. The van der Waals surface area contributed by atoms with Crippen LogP contribution in [0.1, 0.15) is 0 Å². The average molecular weight is 258 g/mol.